The van der Waals surface area contributed by atoms with Gasteiger partial charge in [-0.1, -0.05) is 12.8 Å². The third kappa shape index (κ3) is 4.91. The Morgan fingerprint density at radius 3 is 2.57 bits per heavy atom. The van der Waals surface area contributed by atoms with E-state index in [9.17, 15) is 13.2 Å². The molecule has 0 heterocycles. The highest BCUT2D eigenvalue weighted by Gasteiger charge is 2.34. The highest BCUT2D eigenvalue weighted by atomic mass is 127. The molecule has 0 aromatic heterocycles. The van der Waals surface area contributed by atoms with Gasteiger partial charge in [0.05, 0.1) is 16.7 Å². The largest absolute Gasteiger partial charge is 0.343 e. The maximum Gasteiger partial charge on any atom is 0.224 e. The highest BCUT2D eigenvalue weighted by molar-refractivity contribution is 14.1. The van der Waals surface area contributed by atoms with Crippen molar-refractivity contribution in [2.24, 2.45) is 11.8 Å². The summed E-state index contributed by atoms with van der Waals surface area (Å²) in [6.07, 6.45) is 3.28. The first-order valence-electron chi connectivity index (χ1n) is 7.57. The lowest BCUT2D eigenvalue weighted by Gasteiger charge is -2.30. The minimum atomic E-state index is -3.41. The zero-order valence-electron chi connectivity index (χ0n) is 12.7. The van der Waals surface area contributed by atoms with Gasteiger partial charge in [0.2, 0.25) is 5.91 Å². The molecular weight excluding hydrogens is 427 g/mol. The first kappa shape index (κ1) is 18.2. The van der Waals surface area contributed by atoms with Gasteiger partial charge in [-0.3, -0.25) is 4.79 Å². The van der Waals surface area contributed by atoms with Crippen molar-refractivity contribution in [2.75, 3.05) is 12.3 Å². The van der Waals surface area contributed by atoms with Gasteiger partial charge in [0.25, 0.3) is 0 Å². The van der Waals surface area contributed by atoms with Crippen LogP contribution in [0.15, 0.2) is 29.2 Å². The second kappa shape index (κ2) is 8.11. The summed E-state index contributed by atoms with van der Waals surface area (Å²) >= 11 is 2.13. The lowest BCUT2D eigenvalue weighted by Crippen LogP contribution is -2.39. The Balaban J connectivity index is 2.13. The van der Waals surface area contributed by atoms with Crippen LogP contribution in [0.1, 0.15) is 25.7 Å². The van der Waals surface area contributed by atoms with Gasteiger partial charge in [0.15, 0.2) is 9.84 Å². The van der Waals surface area contributed by atoms with Crippen LogP contribution in [-0.4, -0.2) is 26.6 Å². The van der Waals surface area contributed by atoms with Gasteiger partial charge in [0, 0.05) is 9.49 Å². The van der Waals surface area contributed by atoms with Gasteiger partial charge in [-0.05, 0) is 65.6 Å². The maximum atomic E-state index is 12.6. The molecule has 0 aliphatic heterocycles. The van der Waals surface area contributed by atoms with Crippen molar-refractivity contribution in [3.63, 3.8) is 0 Å². The number of carbonyl (C=O) groups is 1. The minimum absolute atomic E-state index is 0.0156. The topological polar surface area (TPSA) is 87.0 Å². The number of halogens is 1. The lowest BCUT2D eigenvalue weighted by atomic mass is 9.80. The van der Waals surface area contributed by atoms with E-state index in [0.29, 0.717) is 11.3 Å². The van der Waals surface area contributed by atoms with Gasteiger partial charge in [-0.15, -0.1) is 0 Å². The molecule has 1 saturated carbocycles. The molecule has 2 unspecified atom stereocenters. The molecule has 23 heavy (non-hydrogen) atoms. The fourth-order valence-electron chi connectivity index (χ4n) is 3.03. The first-order chi connectivity index (χ1) is 10.9. The second-order valence-electron chi connectivity index (χ2n) is 5.76. The molecule has 1 aromatic carbocycles. The Hall–Kier alpha value is -1.14. The summed E-state index contributed by atoms with van der Waals surface area (Å²) in [4.78, 5) is 12.5. The van der Waals surface area contributed by atoms with Gasteiger partial charge in [0.1, 0.15) is 6.54 Å². The van der Waals surface area contributed by atoms with E-state index in [1.54, 1.807) is 24.3 Å². The molecule has 1 N–H and O–H groups in total. The van der Waals surface area contributed by atoms with Crippen LogP contribution in [0, 0.1) is 26.7 Å². The van der Waals surface area contributed by atoms with Crippen molar-refractivity contribution in [1.82, 2.24) is 5.32 Å². The number of hydrogen-bond donors (Lipinski definition) is 1. The number of hydrogen-bond acceptors (Lipinski definition) is 4. The number of nitriles is 1. The summed E-state index contributed by atoms with van der Waals surface area (Å²) in [7, 11) is -3.41. The normalized spacial score (nSPS) is 21.4. The molecule has 0 radical (unpaired) electrons. The Bertz CT molecular complexity index is 695. The number of carbonyl (C=O) groups excluding carboxylic acids is 1. The average molecular weight is 446 g/mol. The monoisotopic (exact) mass is 446 g/mol. The Labute approximate surface area is 150 Å². The fraction of sp³-hybridized carbons (Fsp3) is 0.500. The predicted octanol–water partition coefficient (Wildman–Crippen LogP) is 2.51. The zero-order chi connectivity index (χ0) is 16.9. The number of rotatable bonds is 5. The summed E-state index contributed by atoms with van der Waals surface area (Å²) in [5.41, 5.74) is 0. The van der Waals surface area contributed by atoms with Crippen LogP contribution < -0.4 is 5.32 Å². The van der Waals surface area contributed by atoms with Crippen LogP contribution in [0.5, 0.6) is 0 Å². The number of amides is 1. The highest BCUT2D eigenvalue weighted by Crippen LogP contribution is 2.32. The quantitative estimate of drug-likeness (QED) is 0.557. The molecule has 5 nitrogen and oxygen atoms in total. The number of benzene rings is 1. The van der Waals surface area contributed by atoms with Crippen LogP contribution in [0.2, 0.25) is 0 Å². The van der Waals surface area contributed by atoms with E-state index in [1.807, 2.05) is 6.07 Å². The van der Waals surface area contributed by atoms with Crippen molar-refractivity contribution in [2.45, 2.75) is 30.6 Å². The Morgan fingerprint density at radius 2 is 1.91 bits per heavy atom. The van der Waals surface area contributed by atoms with E-state index >= 15 is 0 Å². The molecule has 1 aliphatic rings. The molecule has 0 saturated heterocycles. The third-order valence-corrected chi connectivity index (χ3v) is 6.77. The van der Waals surface area contributed by atoms with Gasteiger partial charge >= 0.3 is 0 Å². The molecule has 1 fully saturated rings. The number of nitrogens with one attached hydrogen (secondary N) is 1. The number of sulfone groups is 1. The van der Waals surface area contributed by atoms with Crippen LogP contribution in [0.3, 0.4) is 0 Å². The standard InChI is InChI=1S/C16H19IN2O3S/c17-13-5-7-14(8-6-13)23(21,22)11-12-3-1-2-4-15(12)16(20)19-10-9-18/h5-8,12,15H,1-4,10-11H2,(H,19,20). The summed E-state index contributed by atoms with van der Waals surface area (Å²) in [5.74, 6) is -0.727. The van der Waals surface area contributed by atoms with Crippen LogP contribution in [0.25, 0.3) is 0 Å². The van der Waals surface area contributed by atoms with Crippen molar-refractivity contribution < 1.29 is 13.2 Å². The van der Waals surface area contributed by atoms with E-state index in [0.717, 1.165) is 22.8 Å². The van der Waals surface area contributed by atoms with E-state index in [2.05, 4.69) is 27.9 Å². The van der Waals surface area contributed by atoms with E-state index < -0.39 is 9.84 Å². The molecule has 0 spiro atoms. The lowest BCUT2D eigenvalue weighted by molar-refractivity contribution is -0.127. The molecular formula is C16H19IN2O3S. The van der Waals surface area contributed by atoms with E-state index in [1.165, 1.54) is 0 Å². The van der Waals surface area contributed by atoms with Crippen molar-refractivity contribution in [3.8, 4) is 6.07 Å². The smallest absolute Gasteiger partial charge is 0.224 e. The molecule has 124 valence electrons. The van der Waals surface area contributed by atoms with Crippen LogP contribution in [0.4, 0.5) is 0 Å². The molecule has 0 bridgehead atoms. The fourth-order valence-corrected chi connectivity index (χ4v) is 5.10. The Kier molecular flexibility index (Phi) is 6.41. The zero-order valence-corrected chi connectivity index (χ0v) is 15.6. The van der Waals surface area contributed by atoms with Crippen LogP contribution >= 0.6 is 22.6 Å². The van der Waals surface area contributed by atoms with Crippen molar-refractivity contribution in [3.05, 3.63) is 27.8 Å². The molecule has 1 amide bonds. The maximum absolute atomic E-state index is 12.6. The first-order valence-corrected chi connectivity index (χ1v) is 10.3. The SMILES string of the molecule is N#CCNC(=O)C1CCCCC1CS(=O)(=O)c1ccc(I)cc1. The summed E-state index contributed by atoms with van der Waals surface area (Å²) < 4.78 is 26.2. The van der Waals surface area contributed by atoms with E-state index in [4.69, 9.17) is 5.26 Å². The second-order valence-corrected chi connectivity index (χ2v) is 9.04. The summed E-state index contributed by atoms with van der Waals surface area (Å²) in [6.45, 7) is -0.0358. The predicted molar refractivity (Wildman–Crippen MR) is 95.3 cm³/mol. The summed E-state index contributed by atoms with van der Waals surface area (Å²) in [5, 5.41) is 11.1. The molecule has 7 heteroatoms. The molecule has 1 aliphatic carbocycles. The molecule has 2 rings (SSSR count). The Morgan fingerprint density at radius 1 is 1.26 bits per heavy atom. The van der Waals surface area contributed by atoms with Crippen molar-refractivity contribution >= 4 is 38.3 Å². The van der Waals surface area contributed by atoms with Crippen LogP contribution in [-0.2, 0) is 14.6 Å². The minimum Gasteiger partial charge on any atom is -0.343 e. The average Bonchev–Trinajstić information content (AvgIpc) is 2.53. The van der Waals surface area contributed by atoms with Gasteiger partial charge in [-0.2, -0.15) is 5.26 Å². The third-order valence-electron chi connectivity index (χ3n) is 4.19. The molecule has 1 aromatic rings. The molecule has 2 atom stereocenters. The number of nitrogens with zero attached hydrogens (tertiary/aromatic N) is 1. The summed E-state index contributed by atoms with van der Waals surface area (Å²) in [6, 6.07) is 8.65. The van der Waals surface area contributed by atoms with Crippen molar-refractivity contribution in [1.29, 1.82) is 5.26 Å². The van der Waals surface area contributed by atoms with Gasteiger partial charge in [-0.25, -0.2) is 8.42 Å². The van der Waals surface area contributed by atoms with Gasteiger partial charge < -0.3 is 5.32 Å². The van der Waals surface area contributed by atoms with E-state index in [-0.39, 0.29) is 30.0 Å².